The van der Waals surface area contributed by atoms with E-state index in [9.17, 15) is 9.00 Å². The SMILES string of the molecule is CS(=O)N1CC(=O)COc2ccccc21. The summed E-state index contributed by atoms with van der Waals surface area (Å²) in [6.07, 6.45) is 1.55. The number of anilines is 1. The minimum Gasteiger partial charge on any atom is -0.484 e. The summed E-state index contributed by atoms with van der Waals surface area (Å²) < 4.78 is 18.4. The van der Waals surface area contributed by atoms with E-state index in [4.69, 9.17) is 4.74 Å². The van der Waals surface area contributed by atoms with Crippen LogP contribution in [0.15, 0.2) is 24.3 Å². The summed E-state index contributed by atoms with van der Waals surface area (Å²) in [5.74, 6) is 0.542. The molecule has 0 fully saturated rings. The lowest BCUT2D eigenvalue weighted by molar-refractivity contribution is -0.119. The van der Waals surface area contributed by atoms with E-state index in [2.05, 4.69) is 0 Å². The standard InChI is InChI=1S/C10H11NO3S/c1-15(13)11-6-8(12)7-14-10-5-3-2-4-9(10)11/h2-5H,6-7H2,1H3. The average molecular weight is 225 g/mol. The Morgan fingerprint density at radius 2 is 2.13 bits per heavy atom. The van der Waals surface area contributed by atoms with Crippen LogP contribution >= 0.6 is 0 Å². The Morgan fingerprint density at radius 3 is 2.87 bits per heavy atom. The zero-order chi connectivity index (χ0) is 10.8. The van der Waals surface area contributed by atoms with Gasteiger partial charge < -0.3 is 4.74 Å². The van der Waals surface area contributed by atoms with Gasteiger partial charge in [-0.05, 0) is 12.1 Å². The number of fused-ring (bicyclic) bond motifs is 1. The highest BCUT2D eigenvalue weighted by Gasteiger charge is 2.22. The highest BCUT2D eigenvalue weighted by atomic mass is 32.2. The number of rotatable bonds is 1. The third kappa shape index (κ3) is 2.02. The van der Waals surface area contributed by atoms with Crippen LogP contribution in [0.5, 0.6) is 5.75 Å². The van der Waals surface area contributed by atoms with Gasteiger partial charge in [0, 0.05) is 6.26 Å². The summed E-state index contributed by atoms with van der Waals surface area (Å²) in [5, 5.41) is 0. The first-order valence-corrected chi connectivity index (χ1v) is 6.04. The maximum atomic E-state index is 11.5. The molecule has 1 heterocycles. The van der Waals surface area contributed by atoms with Crippen LogP contribution in [0, 0.1) is 0 Å². The minimum absolute atomic E-state index is 0.0463. The molecule has 5 heteroatoms. The topological polar surface area (TPSA) is 46.6 Å². The number of carbonyl (C=O) groups excluding carboxylic acids is 1. The van der Waals surface area contributed by atoms with Gasteiger partial charge in [0.1, 0.15) is 23.3 Å². The van der Waals surface area contributed by atoms with Crippen molar-refractivity contribution < 1.29 is 13.7 Å². The number of nitrogens with zero attached hydrogens (tertiary/aromatic N) is 1. The van der Waals surface area contributed by atoms with Crippen molar-refractivity contribution in [3.63, 3.8) is 0 Å². The van der Waals surface area contributed by atoms with Crippen molar-refractivity contribution in [2.24, 2.45) is 0 Å². The molecule has 15 heavy (non-hydrogen) atoms. The molecule has 1 aliphatic heterocycles. The molecule has 0 bridgehead atoms. The predicted octanol–water partition coefficient (Wildman–Crippen LogP) is 0.748. The highest BCUT2D eigenvalue weighted by molar-refractivity contribution is 7.85. The molecule has 0 spiro atoms. The van der Waals surface area contributed by atoms with Crippen LogP contribution in [0.25, 0.3) is 0 Å². The fourth-order valence-electron chi connectivity index (χ4n) is 1.46. The molecular formula is C10H11NO3S. The van der Waals surface area contributed by atoms with Gasteiger partial charge >= 0.3 is 0 Å². The van der Waals surface area contributed by atoms with Crippen molar-refractivity contribution in [1.29, 1.82) is 0 Å². The monoisotopic (exact) mass is 225 g/mol. The molecule has 0 radical (unpaired) electrons. The van der Waals surface area contributed by atoms with E-state index in [0.29, 0.717) is 11.4 Å². The maximum absolute atomic E-state index is 11.5. The predicted molar refractivity (Wildman–Crippen MR) is 58.4 cm³/mol. The van der Waals surface area contributed by atoms with Crippen molar-refractivity contribution >= 4 is 22.5 Å². The Bertz CT molecular complexity index is 419. The molecule has 2 rings (SSSR count). The number of ether oxygens (including phenoxy) is 1. The van der Waals surface area contributed by atoms with Gasteiger partial charge in [-0.25, -0.2) is 4.21 Å². The Kier molecular flexibility index (Phi) is 2.73. The fraction of sp³-hybridized carbons (Fsp3) is 0.300. The number of Topliss-reactive ketones (excluding diaryl/α,β-unsaturated/α-hetero) is 1. The van der Waals surface area contributed by atoms with Crippen LogP contribution in [0.3, 0.4) is 0 Å². The Morgan fingerprint density at radius 1 is 1.40 bits per heavy atom. The highest BCUT2D eigenvalue weighted by Crippen LogP contribution is 2.30. The molecule has 80 valence electrons. The van der Waals surface area contributed by atoms with Gasteiger partial charge in [-0.1, -0.05) is 12.1 Å². The van der Waals surface area contributed by atoms with Gasteiger partial charge in [0.15, 0.2) is 5.78 Å². The third-order valence-electron chi connectivity index (χ3n) is 2.15. The van der Waals surface area contributed by atoms with Gasteiger partial charge in [0.2, 0.25) is 0 Å². The molecule has 0 N–H and O–H groups in total. The summed E-state index contributed by atoms with van der Waals surface area (Å²) in [6.45, 7) is 0.185. The van der Waals surface area contributed by atoms with Crippen molar-refractivity contribution in [2.45, 2.75) is 0 Å². The van der Waals surface area contributed by atoms with Crippen molar-refractivity contribution in [2.75, 3.05) is 23.7 Å². The average Bonchev–Trinajstić information content (AvgIpc) is 2.39. The van der Waals surface area contributed by atoms with E-state index in [1.54, 1.807) is 22.7 Å². The molecule has 4 nitrogen and oxygen atoms in total. The normalized spacial score (nSPS) is 17.7. The first-order chi connectivity index (χ1) is 7.18. The van der Waals surface area contributed by atoms with Crippen LogP contribution in [-0.2, 0) is 15.8 Å². The summed E-state index contributed by atoms with van der Waals surface area (Å²) >= 11 is 0. The second-order valence-electron chi connectivity index (χ2n) is 3.26. The third-order valence-corrected chi connectivity index (χ3v) is 3.10. The van der Waals surface area contributed by atoms with Gasteiger partial charge in [0.05, 0.1) is 12.2 Å². The molecule has 0 aliphatic carbocycles. The van der Waals surface area contributed by atoms with Gasteiger partial charge in [-0.3, -0.25) is 9.10 Å². The van der Waals surface area contributed by atoms with E-state index in [-0.39, 0.29) is 18.9 Å². The second-order valence-corrected chi connectivity index (χ2v) is 4.54. The van der Waals surface area contributed by atoms with E-state index < -0.39 is 11.0 Å². The zero-order valence-corrected chi connectivity index (χ0v) is 9.12. The molecule has 1 unspecified atom stereocenters. The van der Waals surface area contributed by atoms with Crippen LogP contribution in [0.2, 0.25) is 0 Å². The molecule has 1 atom stereocenters. The van der Waals surface area contributed by atoms with Gasteiger partial charge in [-0.2, -0.15) is 0 Å². The zero-order valence-electron chi connectivity index (χ0n) is 8.30. The van der Waals surface area contributed by atoms with E-state index in [1.165, 1.54) is 0 Å². The first kappa shape index (κ1) is 10.2. The lowest BCUT2D eigenvalue weighted by Gasteiger charge is -2.18. The van der Waals surface area contributed by atoms with Crippen LogP contribution in [0.4, 0.5) is 5.69 Å². The maximum Gasteiger partial charge on any atom is 0.190 e. The number of hydrogen-bond donors (Lipinski definition) is 0. The number of hydrogen-bond acceptors (Lipinski definition) is 3. The van der Waals surface area contributed by atoms with E-state index in [1.807, 2.05) is 12.1 Å². The fourth-order valence-corrected chi connectivity index (χ4v) is 2.22. The lowest BCUT2D eigenvalue weighted by Crippen LogP contribution is -2.30. The quantitative estimate of drug-likeness (QED) is 0.708. The number of para-hydroxylation sites is 2. The summed E-state index contributed by atoms with van der Waals surface area (Å²) in [4.78, 5) is 11.4. The molecule has 0 aromatic heterocycles. The van der Waals surface area contributed by atoms with Crippen molar-refractivity contribution in [3.05, 3.63) is 24.3 Å². The second kappa shape index (κ2) is 4.02. The minimum atomic E-state index is -1.21. The van der Waals surface area contributed by atoms with Crippen molar-refractivity contribution in [3.8, 4) is 5.75 Å². The molecule has 0 saturated carbocycles. The van der Waals surface area contributed by atoms with Crippen LogP contribution in [-0.4, -0.2) is 29.4 Å². The molecule has 1 aliphatic rings. The number of ketones is 1. The number of carbonyl (C=O) groups is 1. The lowest BCUT2D eigenvalue weighted by atomic mass is 10.3. The Hall–Kier alpha value is -1.36. The first-order valence-electron chi connectivity index (χ1n) is 4.53. The Balaban J connectivity index is 2.46. The molecule has 0 amide bonds. The smallest absolute Gasteiger partial charge is 0.190 e. The van der Waals surface area contributed by atoms with Crippen LogP contribution in [0.1, 0.15) is 0 Å². The molecule has 0 saturated heterocycles. The molecular weight excluding hydrogens is 214 g/mol. The number of benzene rings is 1. The summed E-state index contributed by atoms with van der Waals surface area (Å²) in [7, 11) is -1.21. The van der Waals surface area contributed by atoms with E-state index >= 15 is 0 Å². The Labute approximate surface area is 90.4 Å². The van der Waals surface area contributed by atoms with Gasteiger partial charge in [0.25, 0.3) is 0 Å². The molecule has 1 aromatic carbocycles. The largest absolute Gasteiger partial charge is 0.484 e. The summed E-state index contributed by atoms with van der Waals surface area (Å²) in [6, 6.07) is 7.23. The molecule has 1 aromatic rings. The van der Waals surface area contributed by atoms with Crippen LogP contribution < -0.4 is 9.04 Å². The van der Waals surface area contributed by atoms with Gasteiger partial charge in [-0.15, -0.1) is 0 Å². The van der Waals surface area contributed by atoms with E-state index in [0.717, 1.165) is 0 Å². The summed E-state index contributed by atoms with van der Waals surface area (Å²) in [5.41, 5.74) is 0.712. The van der Waals surface area contributed by atoms with Crippen molar-refractivity contribution in [1.82, 2.24) is 0 Å².